The standard InChI is InChI=1S/C28H40N8O8/c1-18(37)44-24(6-7-25(39)40)27(42)34-22(14-21(38)13-19-3-2-11-35(16-19)17-33-29)28(43)36(20-4-5-20)12-10-32-26(41)23-15-30-8-9-31-23/h8-9,15,17,19-20,22,24H,2-7,10-14,16,29H2,1H3,(H,32,41)(H,34,42)(H,39,40)/t19-,22-,24-/m0/s1. The van der Waals surface area contributed by atoms with Crippen LogP contribution in [0.1, 0.15) is 68.8 Å². The van der Waals surface area contributed by atoms with Crippen LogP contribution < -0.4 is 16.5 Å². The number of hydrogen-bond acceptors (Lipinski definition) is 11. The van der Waals surface area contributed by atoms with E-state index in [2.05, 4.69) is 25.7 Å². The molecule has 44 heavy (non-hydrogen) atoms. The van der Waals surface area contributed by atoms with Crippen molar-refractivity contribution in [2.75, 3.05) is 26.2 Å². The lowest BCUT2D eigenvalue weighted by atomic mass is 9.91. The topological polar surface area (TPSA) is 227 Å². The first-order valence-corrected chi connectivity index (χ1v) is 14.6. The third kappa shape index (κ3) is 11.2. The number of hydrazone groups is 1. The second-order valence-electron chi connectivity index (χ2n) is 10.9. The molecule has 0 radical (unpaired) electrons. The van der Waals surface area contributed by atoms with Gasteiger partial charge in [-0.05, 0) is 31.6 Å². The highest BCUT2D eigenvalue weighted by molar-refractivity contribution is 5.95. The van der Waals surface area contributed by atoms with Crippen LogP contribution in [0.5, 0.6) is 0 Å². The van der Waals surface area contributed by atoms with Crippen molar-refractivity contribution in [3.05, 3.63) is 24.3 Å². The van der Waals surface area contributed by atoms with E-state index in [1.165, 1.54) is 29.8 Å². The Morgan fingerprint density at radius 2 is 2.00 bits per heavy atom. The zero-order valence-corrected chi connectivity index (χ0v) is 24.7. The van der Waals surface area contributed by atoms with E-state index in [4.69, 9.17) is 15.7 Å². The molecule has 1 aromatic rings. The van der Waals surface area contributed by atoms with Gasteiger partial charge in [-0.3, -0.25) is 33.8 Å². The molecule has 1 aliphatic heterocycles. The number of ketones is 1. The summed E-state index contributed by atoms with van der Waals surface area (Å²) in [4.78, 5) is 86.7. The average molecular weight is 617 g/mol. The number of Topliss-reactive ketones (excluding diaryl/α,β-unsaturated/α-hetero) is 1. The molecule has 16 nitrogen and oxygen atoms in total. The fourth-order valence-electron chi connectivity index (χ4n) is 5.12. The number of rotatable bonds is 17. The summed E-state index contributed by atoms with van der Waals surface area (Å²) < 4.78 is 5.05. The number of carboxylic acid groups (broad SMARTS) is 1. The number of hydrogen-bond donors (Lipinski definition) is 4. The summed E-state index contributed by atoms with van der Waals surface area (Å²) in [5.41, 5.74) is 0.115. The molecule has 2 fully saturated rings. The average Bonchev–Trinajstić information content (AvgIpc) is 3.82. The van der Waals surface area contributed by atoms with E-state index < -0.39 is 48.2 Å². The van der Waals surface area contributed by atoms with Crippen molar-refractivity contribution in [3.8, 4) is 0 Å². The molecule has 5 N–H and O–H groups in total. The quantitative estimate of drug-likeness (QED) is 0.0568. The van der Waals surface area contributed by atoms with Gasteiger partial charge in [0.1, 0.15) is 23.9 Å². The maximum Gasteiger partial charge on any atom is 0.303 e. The lowest BCUT2D eigenvalue weighted by molar-refractivity contribution is -0.156. The van der Waals surface area contributed by atoms with Gasteiger partial charge in [-0.15, -0.1) is 0 Å². The van der Waals surface area contributed by atoms with Gasteiger partial charge in [-0.25, -0.2) is 4.98 Å². The highest BCUT2D eigenvalue weighted by Gasteiger charge is 2.38. The van der Waals surface area contributed by atoms with Gasteiger partial charge < -0.3 is 36.1 Å². The lowest BCUT2D eigenvalue weighted by Gasteiger charge is -2.31. The number of carbonyl (C=O) groups is 6. The molecule has 1 aromatic heterocycles. The van der Waals surface area contributed by atoms with Gasteiger partial charge in [-0.2, -0.15) is 5.10 Å². The van der Waals surface area contributed by atoms with Crippen LogP contribution in [0.4, 0.5) is 0 Å². The molecule has 1 saturated carbocycles. The van der Waals surface area contributed by atoms with E-state index in [9.17, 15) is 28.8 Å². The molecule has 3 rings (SSSR count). The van der Waals surface area contributed by atoms with Crippen LogP contribution in [0.3, 0.4) is 0 Å². The zero-order valence-electron chi connectivity index (χ0n) is 24.7. The van der Waals surface area contributed by atoms with Crippen LogP contribution in [0, 0.1) is 5.92 Å². The Balaban J connectivity index is 1.73. The summed E-state index contributed by atoms with van der Waals surface area (Å²) in [5.74, 6) is 1.17. The molecular weight excluding hydrogens is 576 g/mol. The summed E-state index contributed by atoms with van der Waals surface area (Å²) in [6, 6.07) is -1.43. The van der Waals surface area contributed by atoms with Crippen molar-refractivity contribution in [2.45, 2.75) is 76.5 Å². The maximum absolute atomic E-state index is 13.9. The van der Waals surface area contributed by atoms with Gasteiger partial charge in [0.15, 0.2) is 6.10 Å². The van der Waals surface area contributed by atoms with Crippen LogP contribution in [0.15, 0.2) is 23.7 Å². The van der Waals surface area contributed by atoms with Crippen molar-refractivity contribution < 1.29 is 38.6 Å². The lowest BCUT2D eigenvalue weighted by Crippen LogP contribution is -2.54. The van der Waals surface area contributed by atoms with Gasteiger partial charge in [0.05, 0.1) is 6.20 Å². The highest BCUT2D eigenvalue weighted by atomic mass is 16.5. The monoisotopic (exact) mass is 616 g/mol. The van der Waals surface area contributed by atoms with Gasteiger partial charge in [0, 0.05) is 77.2 Å². The molecule has 3 amide bonds. The van der Waals surface area contributed by atoms with E-state index in [1.54, 1.807) is 0 Å². The third-order valence-corrected chi connectivity index (χ3v) is 7.27. The Morgan fingerprint density at radius 1 is 1.23 bits per heavy atom. The molecule has 3 atom stereocenters. The molecule has 1 aliphatic carbocycles. The van der Waals surface area contributed by atoms with Crippen LogP contribution in [0.25, 0.3) is 0 Å². The van der Waals surface area contributed by atoms with Gasteiger partial charge >= 0.3 is 11.9 Å². The minimum atomic E-state index is -1.46. The number of carbonyl (C=O) groups excluding carboxylic acids is 5. The zero-order chi connectivity index (χ0) is 32.1. The van der Waals surface area contributed by atoms with Crippen LogP contribution in [0.2, 0.25) is 0 Å². The van der Waals surface area contributed by atoms with Crippen LogP contribution in [-0.2, 0) is 28.7 Å². The number of esters is 1. The number of nitrogens with two attached hydrogens (primary N) is 1. The first-order valence-electron chi connectivity index (χ1n) is 14.6. The summed E-state index contributed by atoms with van der Waals surface area (Å²) in [6.07, 6.45) is 6.36. The predicted molar refractivity (Wildman–Crippen MR) is 155 cm³/mol. The number of likely N-dealkylation sites (tertiary alicyclic amines) is 1. The van der Waals surface area contributed by atoms with Crippen molar-refractivity contribution in [1.29, 1.82) is 0 Å². The molecule has 240 valence electrons. The fraction of sp³-hybridized carbons (Fsp3) is 0.607. The van der Waals surface area contributed by atoms with Gasteiger partial charge in [0.2, 0.25) is 5.91 Å². The smallest absolute Gasteiger partial charge is 0.303 e. The van der Waals surface area contributed by atoms with E-state index in [0.29, 0.717) is 19.4 Å². The fourth-order valence-corrected chi connectivity index (χ4v) is 5.12. The molecule has 0 spiro atoms. The third-order valence-electron chi connectivity index (χ3n) is 7.27. The second kappa shape index (κ2) is 16.9. The van der Waals surface area contributed by atoms with Gasteiger partial charge in [-0.1, -0.05) is 0 Å². The van der Waals surface area contributed by atoms with E-state index in [1.807, 2.05) is 4.90 Å². The SMILES string of the molecule is CC(=O)O[C@@H](CCC(=O)O)C(=O)N[C@@H](CC(=O)C[C@@H]1CCCN(C=NN)C1)C(=O)N(CCNC(=O)c1cnccn1)C1CC1. The summed E-state index contributed by atoms with van der Waals surface area (Å²) >= 11 is 0. The molecule has 1 saturated heterocycles. The van der Waals surface area contributed by atoms with Crippen molar-refractivity contribution >= 4 is 41.8 Å². The molecule has 16 heteroatoms. The largest absolute Gasteiger partial charge is 0.481 e. The number of carboxylic acids is 1. The number of aliphatic carboxylic acids is 1. The molecule has 2 aliphatic rings. The molecule has 0 bridgehead atoms. The van der Waals surface area contributed by atoms with E-state index in [-0.39, 0.29) is 55.8 Å². The van der Waals surface area contributed by atoms with E-state index in [0.717, 1.165) is 26.3 Å². The minimum Gasteiger partial charge on any atom is -0.481 e. The van der Waals surface area contributed by atoms with Crippen molar-refractivity contribution in [2.24, 2.45) is 16.9 Å². The summed E-state index contributed by atoms with van der Waals surface area (Å²) in [7, 11) is 0. The number of amides is 3. The normalized spacial score (nSPS) is 17.8. The first-order chi connectivity index (χ1) is 21.1. The second-order valence-corrected chi connectivity index (χ2v) is 10.9. The van der Waals surface area contributed by atoms with Crippen molar-refractivity contribution in [1.82, 2.24) is 30.4 Å². The summed E-state index contributed by atoms with van der Waals surface area (Å²) in [6.45, 7) is 2.61. The maximum atomic E-state index is 13.9. The number of aromatic nitrogens is 2. The number of nitrogens with zero attached hydrogens (tertiary/aromatic N) is 5. The van der Waals surface area contributed by atoms with Crippen LogP contribution in [-0.4, -0.2) is 111 Å². The van der Waals surface area contributed by atoms with Crippen molar-refractivity contribution in [3.63, 3.8) is 0 Å². The van der Waals surface area contributed by atoms with E-state index >= 15 is 0 Å². The summed E-state index contributed by atoms with van der Waals surface area (Å²) in [5, 5.41) is 17.9. The first kappa shape index (κ1) is 33.9. The van der Waals surface area contributed by atoms with Gasteiger partial charge in [0.25, 0.3) is 11.8 Å². The minimum absolute atomic E-state index is 0.000832. The number of piperidine rings is 1. The number of ether oxygens (including phenoxy) is 1. The Bertz CT molecular complexity index is 1210. The Hall–Kier alpha value is -4.63. The Morgan fingerprint density at radius 3 is 2.64 bits per heavy atom. The Labute approximate surface area is 254 Å². The number of nitrogens with one attached hydrogen (secondary N) is 2. The molecule has 0 unspecified atom stereocenters. The molecular formula is C28H40N8O8. The Kier molecular flexibility index (Phi) is 13.0. The predicted octanol–water partition coefficient (Wildman–Crippen LogP) is -0.558. The molecule has 0 aromatic carbocycles. The highest BCUT2D eigenvalue weighted by Crippen LogP contribution is 2.28. The van der Waals surface area contributed by atoms with Crippen LogP contribution >= 0.6 is 0 Å². The molecule has 2 heterocycles.